The highest BCUT2D eigenvalue weighted by molar-refractivity contribution is 5.92. The molecular weight excluding hydrogens is 407 g/mol. The Hall–Kier alpha value is -4.20. The van der Waals surface area contributed by atoms with E-state index in [0.717, 1.165) is 28.1 Å². The van der Waals surface area contributed by atoms with Crippen LogP contribution in [0.25, 0.3) is 28.1 Å². The molecule has 2 aromatic carbocycles. The first-order chi connectivity index (χ1) is 15.5. The van der Waals surface area contributed by atoms with Crippen LogP contribution in [0, 0.1) is 12.7 Å². The van der Waals surface area contributed by atoms with Crippen molar-refractivity contribution in [2.24, 2.45) is 7.05 Å². The van der Waals surface area contributed by atoms with Gasteiger partial charge in [-0.2, -0.15) is 4.98 Å². The van der Waals surface area contributed by atoms with Crippen LogP contribution in [0.5, 0.6) is 5.88 Å². The highest BCUT2D eigenvalue weighted by atomic mass is 19.1. The van der Waals surface area contributed by atoms with Crippen LogP contribution in [-0.2, 0) is 7.05 Å². The Morgan fingerprint density at radius 1 is 1.00 bits per heavy atom. The summed E-state index contributed by atoms with van der Waals surface area (Å²) in [5, 5.41) is 3.33. The van der Waals surface area contributed by atoms with Gasteiger partial charge >= 0.3 is 0 Å². The lowest BCUT2D eigenvalue weighted by molar-refractivity contribution is 0.396. The second-order valence-corrected chi connectivity index (χ2v) is 7.42. The summed E-state index contributed by atoms with van der Waals surface area (Å²) in [4.78, 5) is 13.6. The molecule has 0 atom stereocenters. The van der Waals surface area contributed by atoms with E-state index in [4.69, 9.17) is 9.72 Å². The molecule has 0 spiro atoms. The molecule has 0 radical (unpaired) electrons. The Morgan fingerprint density at radius 3 is 2.59 bits per heavy atom. The highest BCUT2D eigenvalue weighted by Gasteiger charge is 2.16. The minimum Gasteiger partial charge on any atom is -0.479 e. The fraction of sp³-hybridized carbons (Fsp3) is 0.125. The van der Waals surface area contributed by atoms with Gasteiger partial charge in [0, 0.05) is 13.2 Å². The van der Waals surface area contributed by atoms with Crippen molar-refractivity contribution in [1.82, 2.24) is 24.1 Å². The first-order valence-corrected chi connectivity index (χ1v) is 10.1. The molecule has 8 heteroatoms. The lowest BCUT2D eigenvalue weighted by Gasteiger charge is -2.11. The highest BCUT2D eigenvalue weighted by Crippen LogP contribution is 2.32. The van der Waals surface area contributed by atoms with Gasteiger partial charge in [0.05, 0.1) is 35.9 Å². The van der Waals surface area contributed by atoms with E-state index < -0.39 is 0 Å². The molecule has 3 heterocycles. The summed E-state index contributed by atoms with van der Waals surface area (Å²) in [6.07, 6.45) is 3.63. The van der Waals surface area contributed by atoms with Crippen LogP contribution in [0.4, 0.5) is 15.9 Å². The minimum atomic E-state index is -0.308. The molecule has 0 aliphatic heterocycles. The molecule has 0 amide bonds. The van der Waals surface area contributed by atoms with Crippen molar-refractivity contribution in [3.05, 3.63) is 78.6 Å². The van der Waals surface area contributed by atoms with E-state index in [-0.39, 0.29) is 5.82 Å². The summed E-state index contributed by atoms with van der Waals surface area (Å²) < 4.78 is 23.7. The second-order valence-electron chi connectivity index (χ2n) is 7.42. The summed E-state index contributed by atoms with van der Waals surface area (Å²) in [6.45, 7) is 1.93. The third kappa shape index (κ3) is 3.35. The van der Waals surface area contributed by atoms with E-state index >= 15 is 0 Å². The van der Waals surface area contributed by atoms with Crippen LogP contribution < -0.4 is 10.1 Å². The normalized spacial score (nSPS) is 11.1. The van der Waals surface area contributed by atoms with Crippen molar-refractivity contribution in [2.45, 2.75) is 6.92 Å². The molecule has 0 fully saturated rings. The van der Waals surface area contributed by atoms with Crippen molar-refractivity contribution < 1.29 is 9.13 Å². The number of para-hydroxylation sites is 1. The third-order valence-electron chi connectivity index (χ3n) is 5.31. The van der Waals surface area contributed by atoms with Gasteiger partial charge in [-0.15, -0.1) is 0 Å². The maximum absolute atomic E-state index is 14.4. The number of benzene rings is 2. The minimum absolute atomic E-state index is 0.308. The van der Waals surface area contributed by atoms with Crippen LogP contribution in [0.15, 0.2) is 67.1 Å². The summed E-state index contributed by atoms with van der Waals surface area (Å²) >= 11 is 0. The molecule has 32 heavy (non-hydrogen) atoms. The number of methoxy groups -OCH3 is 1. The largest absolute Gasteiger partial charge is 0.479 e. The molecule has 0 saturated heterocycles. The van der Waals surface area contributed by atoms with Crippen molar-refractivity contribution in [1.29, 1.82) is 0 Å². The fourth-order valence-electron chi connectivity index (χ4n) is 3.74. The van der Waals surface area contributed by atoms with Crippen LogP contribution in [-0.4, -0.2) is 31.2 Å². The van der Waals surface area contributed by atoms with Crippen LogP contribution >= 0.6 is 0 Å². The number of ether oxygens (including phenoxy) is 1. The predicted octanol–water partition coefficient (Wildman–Crippen LogP) is 5.02. The van der Waals surface area contributed by atoms with Gasteiger partial charge in [-0.05, 0) is 43.3 Å². The van der Waals surface area contributed by atoms with Crippen molar-refractivity contribution in [3.63, 3.8) is 0 Å². The van der Waals surface area contributed by atoms with E-state index in [2.05, 4.69) is 15.3 Å². The van der Waals surface area contributed by atoms with Crippen LogP contribution in [0.2, 0.25) is 0 Å². The SMILES string of the molecule is COc1nc(Nc2cccc3c2nc(-c2ccccc2F)n3C)ccc1-n1cnc(C)c1. The molecule has 7 nitrogen and oxygen atoms in total. The molecule has 0 bridgehead atoms. The average Bonchev–Trinajstić information content (AvgIpc) is 3.38. The topological polar surface area (TPSA) is 69.8 Å². The molecule has 0 aliphatic carbocycles. The van der Waals surface area contributed by atoms with E-state index in [1.165, 1.54) is 6.07 Å². The smallest absolute Gasteiger partial charge is 0.240 e. The van der Waals surface area contributed by atoms with Crippen LogP contribution in [0.1, 0.15) is 5.69 Å². The summed E-state index contributed by atoms with van der Waals surface area (Å²) in [6, 6.07) is 16.2. The molecule has 160 valence electrons. The average molecular weight is 428 g/mol. The zero-order valence-electron chi connectivity index (χ0n) is 17.9. The molecule has 0 unspecified atom stereocenters. The Balaban J connectivity index is 1.55. The van der Waals surface area contributed by atoms with Gasteiger partial charge in [-0.3, -0.25) is 0 Å². The van der Waals surface area contributed by atoms with Gasteiger partial charge in [0.15, 0.2) is 0 Å². The number of imidazole rings is 2. The lowest BCUT2D eigenvalue weighted by atomic mass is 10.2. The molecule has 1 N–H and O–H groups in total. The Morgan fingerprint density at radius 2 is 1.84 bits per heavy atom. The third-order valence-corrected chi connectivity index (χ3v) is 5.31. The number of pyridine rings is 1. The van der Waals surface area contributed by atoms with Crippen molar-refractivity contribution >= 4 is 22.5 Å². The number of hydrogen-bond acceptors (Lipinski definition) is 5. The lowest BCUT2D eigenvalue weighted by Crippen LogP contribution is -2.01. The predicted molar refractivity (Wildman–Crippen MR) is 122 cm³/mol. The Bertz CT molecular complexity index is 1440. The number of aromatic nitrogens is 5. The number of rotatable bonds is 5. The first-order valence-electron chi connectivity index (χ1n) is 10.1. The number of nitrogens with one attached hydrogen (secondary N) is 1. The van der Waals surface area contributed by atoms with Gasteiger partial charge in [0.1, 0.15) is 28.7 Å². The number of anilines is 2. The summed E-state index contributed by atoms with van der Waals surface area (Å²) in [5.41, 5.74) is 4.52. The zero-order valence-corrected chi connectivity index (χ0v) is 17.9. The maximum Gasteiger partial charge on any atom is 0.240 e. The summed E-state index contributed by atoms with van der Waals surface area (Å²) in [5.74, 6) is 1.32. The molecule has 5 aromatic rings. The number of nitrogens with zero attached hydrogens (tertiary/aromatic N) is 5. The standard InChI is InChI=1S/C24H21FN6O/c1-15-13-31(14-26-15)20-11-12-21(28-24(20)32-3)27-18-9-6-10-19-22(18)29-23(30(19)2)16-7-4-5-8-17(16)25/h4-14H,1-3H3,(H,27,28). The van der Waals surface area contributed by atoms with Gasteiger partial charge in [0.2, 0.25) is 5.88 Å². The Labute approximate surface area is 184 Å². The van der Waals surface area contributed by atoms with E-state index in [0.29, 0.717) is 23.1 Å². The number of halogens is 1. The van der Waals surface area contributed by atoms with Gasteiger partial charge in [-0.25, -0.2) is 14.4 Å². The maximum atomic E-state index is 14.4. The van der Waals surface area contributed by atoms with Gasteiger partial charge in [0.25, 0.3) is 0 Å². The number of hydrogen-bond donors (Lipinski definition) is 1. The molecule has 0 saturated carbocycles. The van der Waals surface area contributed by atoms with Crippen molar-refractivity contribution in [3.8, 4) is 23.0 Å². The molecule has 3 aromatic heterocycles. The van der Waals surface area contributed by atoms with Crippen LogP contribution in [0.3, 0.4) is 0 Å². The fourth-order valence-corrected chi connectivity index (χ4v) is 3.74. The second kappa shape index (κ2) is 7.81. The number of aryl methyl sites for hydroxylation is 2. The summed E-state index contributed by atoms with van der Waals surface area (Å²) in [7, 11) is 3.46. The van der Waals surface area contributed by atoms with Gasteiger partial charge in [-0.1, -0.05) is 18.2 Å². The molecule has 0 aliphatic rings. The molecule has 5 rings (SSSR count). The monoisotopic (exact) mass is 428 g/mol. The van der Waals surface area contributed by atoms with E-state index in [1.807, 2.05) is 59.6 Å². The Kier molecular flexibility index (Phi) is 4.82. The van der Waals surface area contributed by atoms with E-state index in [9.17, 15) is 4.39 Å². The zero-order chi connectivity index (χ0) is 22.2. The molecular formula is C24H21FN6O. The first kappa shape index (κ1) is 19.7. The van der Waals surface area contributed by atoms with E-state index in [1.54, 1.807) is 31.6 Å². The number of fused-ring (bicyclic) bond motifs is 1. The van der Waals surface area contributed by atoms with Crippen molar-refractivity contribution in [2.75, 3.05) is 12.4 Å². The van der Waals surface area contributed by atoms with Gasteiger partial charge < -0.3 is 19.2 Å². The quantitative estimate of drug-likeness (QED) is 0.426.